The van der Waals surface area contributed by atoms with E-state index in [9.17, 15) is 8.42 Å². The van der Waals surface area contributed by atoms with Crippen LogP contribution >= 0.6 is 0 Å². The number of hydrogen-bond donors (Lipinski definition) is 1. The molecule has 0 heterocycles. The summed E-state index contributed by atoms with van der Waals surface area (Å²) in [4.78, 5) is 0.424. The number of para-hydroxylation sites is 1. The molecule has 21 heavy (non-hydrogen) atoms. The first-order chi connectivity index (χ1) is 10.1. The van der Waals surface area contributed by atoms with Crippen molar-refractivity contribution in [2.45, 2.75) is 37.5 Å². The zero-order valence-electron chi connectivity index (χ0n) is 12.6. The quantitative estimate of drug-likeness (QED) is 0.803. The summed E-state index contributed by atoms with van der Waals surface area (Å²) < 4.78 is 27.8. The second-order valence-corrected chi connectivity index (χ2v) is 8.14. The van der Waals surface area contributed by atoms with Gasteiger partial charge in [0.05, 0.1) is 5.69 Å². The molecule has 0 bridgehead atoms. The average molecular weight is 308 g/mol. The minimum absolute atomic E-state index is 0.424. The van der Waals surface area contributed by atoms with Gasteiger partial charge in [-0.05, 0) is 56.6 Å². The molecule has 0 atom stereocenters. The van der Waals surface area contributed by atoms with Gasteiger partial charge in [0.15, 0.2) is 0 Å². The van der Waals surface area contributed by atoms with E-state index < -0.39 is 10.0 Å². The lowest BCUT2D eigenvalue weighted by molar-refractivity contribution is 0.382. The third kappa shape index (κ3) is 3.58. The normalized spacial score (nSPS) is 19.0. The van der Waals surface area contributed by atoms with Gasteiger partial charge in [-0.15, -0.1) is 0 Å². The van der Waals surface area contributed by atoms with Crippen LogP contribution < -0.4 is 5.32 Å². The van der Waals surface area contributed by atoms with Gasteiger partial charge in [0.2, 0.25) is 10.0 Å². The number of hydrogen-bond acceptors (Lipinski definition) is 3. The summed E-state index contributed by atoms with van der Waals surface area (Å²) in [6, 6.07) is 7.26. The maximum absolute atomic E-state index is 13.0. The van der Waals surface area contributed by atoms with E-state index in [-0.39, 0.29) is 0 Å². The van der Waals surface area contributed by atoms with E-state index >= 15 is 0 Å². The average Bonchev–Trinajstić information content (AvgIpc) is 3.34. The highest BCUT2D eigenvalue weighted by Crippen LogP contribution is 2.36. The van der Waals surface area contributed by atoms with Gasteiger partial charge < -0.3 is 5.32 Å². The van der Waals surface area contributed by atoms with Crippen LogP contribution in [0.4, 0.5) is 5.69 Å². The standard InChI is InChI=1S/C16H24N2O2S/c1-2-17-15-5-3-4-6-16(15)21(19,20)18(11-13-7-8-13)12-14-9-10-14/h3-6,13-14,17H,2,7-12H2,1H3. The number of nitrogens with zero attached hydrogens (tertiary/aromatic N) is 1. The molecule has 0 unspecified atom stereocenters. The van der Waals surface area contributed by atoms with Gasteiger partial charge in [0.25, 0.3) is 0 Å². The van der Waals surface area contributed by atoms with Crippen LogP contribution in [0.25, 0.3) is 0 Å². The lowest BCUT2D eigenvalue weighted by Gasteiger charge is -2.23. The van der Waals surface area contributed by atoms with Crippen LogP contribution in [0, 0.1) is 11.8 Å². The van der Waals surface area contributed by atoms with E-state index in [0.717, 1.165) is 12.2 Å². The highest BCUT2D eigenvalue weighted by molar-refractivity contribution is 7.89. The fourth-order valence-electron chi connectivity index (χ4n) is 2.61. The highest BCUT2D eigenvalue weighted by Gasteiger charge is 2.36. The molecule has 0 aliphatic heterocycles. The van der Waals surface area contributed by atoms with Gasteiger partial charge in [-0.25, -0.2) is 8.42 Å². The van der Waals surface area contributed by atoms with Gasteiger partial charge >= 0.3 is 0 Å². The Kier molecular flexibility index (Phi) is 4.22. The molecule has 4 nitrogen and oxygen atoms in total. The van der Waals surface area contributed by atoms with Gasteiger partial charge in [-0.3, -0.25) is 0 Å². The summed E-state index contributed by atoms with van der Waals surface area (Å²) in [6.45, 7) is 4.09. The van der Waals surface area contributed by atoms with Crippen LogP contribution in [0.5, 0.6) is 0 Å². The van der Waals surface area contributed by atoms with E-state index in [1.807, 2.05) is 19.1 Å². The monoisotopic (exact) mass is 308 g/mol. The zero-order valence-corrected chi connectivity index (χ0v) is 13.4. The fraction of sp³-hybridized carbons (Fsp3) is 0.625. The van der Waals surface area contributed by atoms with E-state index in [2.05, 4.69) is 5.32 Å². The Hall–Kier alpha value is -1.07. The molecule has 3 rings (SSSR count). The van der Waals surface area contributed by atoms with Gasteiger partial charge in [-0.2, -0.15) is 4.31 Å². The van der Waals surface area contributed by atoms with E-state index in [1.54, 1.807) is 16.4 Å². The van der Waals surface area contributed by atoms with Crippen LogP contribution in [0.15, 0.2) is 29.2 Å². The van der Waals surface area contributed by atoms with Crippen LogP contribution in [-0.4, -0.2) is 32.4 Å². The predicted molar refractivity (Wildman–Crippen MR) is 84.8 cm³/mol. The molecule has 1 aromatic rings. The number of nitrogens with one attached hydrogen (secondary N) is 1. The third-order valence-corrected chi connectivity index (χ3v) is 6.08. The zero-order chi connectivity index (χ0) is 14.9. The number of rotatable bonds is 8. The maximum Gasteiger partial charge on any atom is 0.245 e. The number of sulfonamides is 1. The smallest absolute Gasteiger partial charge is 0.245 e. The Morgan fingerprint density at radius 2 is 1.67 bits per heavy atom. The molecule has 0 aromatic heterocycles. The fourth-order valence-corrected chi connectivity index (χ4v) is 4.38. The molecule has 2 saturated carbocycles. The molecule has 116 valence electrons. The summed E-state index contributed by atoms with van der Waals surface area (Å²) in [5.74, 6) is 1.15. The predicted octanol–water partition coefficient (Wildman–Crippen LogP) is 2.93. The van der Waals surface area contributed by atoms with Crippen molar-refractivity contribution < 1.29 is 8.42 Å². The molecule has 2 aliphatic carbocycles. The van der Waals surface area contributed by atoms with E-state index in [0.29, 0.717) is 29.8 Å². The molecule has 1 N–H and O–H groups in total. The molecule has 1 aromatic carbocycles. The minimum atomic E-state index is -3.39. The van der Waals surface area contributed by atoms with Crippen molar-refractivity contribution >= 4 is 15.7 Å². The summed E-state index contributed by atoms with van der Waals surface area (Å²) in [5.41, 5.74) is 0.719. The van der Waals surface area contributed by atoms with Gasteiger partial charge in [-0.1, -0.05) is 12.1 Å². The molecule has 0 radical (unpaired) electrons. The minimum Gasteiger partial charge on any atom is -0.384 e. The topological polar surface area (TPSA) is 49.4 Å². The number of benzene rings is 1. The Morgan fingerprint density at radius 3 is 2.19 bits per heavy atom. The summed E-state index contributed by atoms with van der Waals surface area (Å²) in [5, 5.41) is 3.17. The van der Waals surface area contributed by atoms with Crippen molar-refractivity contribution in [1.29, 1.82) is 0 Å². The van der Waals surface area contributed by atoms with Crippen molar-refractivity contribution in [3.8, 4) is 0 Å². The molecule has 0 saturated heterocycles. The Morgan fingerprint density at radius 1 is 1.10 bits per heavy atom. The van der Waals surface area contributed by atoms with E-state index in [4.69, 9.17) is 0 Å². The van der Waals surface area contributed by atoms with Crippen LogP contribution in [-0.2, 0) is 10.0 Å². The lowest BCUT2D eigenvalue weighted by atomic mass is 10.3. The first kappa shape index (κ1) is 14.9. The number of anilines is 1. The second kappa shape index (κ2) is 5.97. The van der Waals surface area contributed by atoms with E-state index in [1.165, 1.54) is 25.7 Å². The SMILES string of the molecule is CCNc1ccccc1S(=O)(=O)N(CC1CC1)CC1CC1. The molecular formula is C16H24N2O2S. The van der Waals surface area contributed by atoms with Crippen LogP contribution in [0.2, 0.25) is 0 Å². The first-order valence-corrected chi connectivity index (χ1v) is 9.38. The molecule has 0 spiro atoms. The molecule has 5 heteroatoms. The summed E-state index contributed by atoms with van der Waals surface area (Å²) in [7, 11) is -3.39. The Balaban J connectivity index is 1.88. The largest absolute Gasteiger partial charge is 0.384 e. The molecule has 0 amide bonds. The maximum atomic E-state index is 13.0. The van der Waals surface area contributed by atoms with Gasteiger partial charge in [0, 0.05) is 19.6 Å². The second-order valence-electron chi connectivity index (χ2n) is 6.24. The van der Waals surface area contributed by atoms with Crippen LogP contribution in [0.1, 0.15) is 32.6 Å². The lowest BCUT2D eigenvalue weighted by Crippen LogP contribution is -2.35. The third-order valence-electron chi connectivity index (χ3n) is 4.19. The van der Waals surface area contributed by atoms with Gasteiger partial charge in [0.1, 0.15) is 4.90 Å². The molecule has 2 aliphatic rings. The van der Waals surface area contributed by atoms with Crippen molar-refractivity contribution in [1.82, 2.24) is 4.31 Å². The molecular weight excluding hydrogens is 284 g/mol. The molecule has 2 fully saturated rings. The highest BCUT2D eigenvalue weighted by atomic mass is 32.2. The van der Waals surface area contributed by atoms with Crippen molar-refractivity contribution in [3.63, 3.8) is 0 Å². The summed E-state index contributed by atoms with van der Waals surface area (Å²) in [6.07, 6.45) is 4.69. The van der Waals surface area contributed by atoms with Crippen molar-refractivity contribution in [3.05, 3.63) is 24.3 Å². The van der Waals surface area contributed by atoms with Crippen molar-refractivity contribution in [2.75, 3.05) is 25.0 Å². The first-order valence-electron chi connectivity index (χ1n) is 7.94. The van der Waals surface area contributed by atoms with Crippen LogP contribution in [0.3, 0.4) is 0 Å². The Bertz CT molecular complexity index is 578. The Labute approximate surface area is 127 Å². The summed E-state index contributed by atoms with van der Waals surface area (Å²) >= 11 is 0. The van der Waals surface area contributed by atoms with Crippen molar-refractivity contribution in [2.24, 2.45) is 11.8 Å².